The molecule has 0 spiro atoms. The summed E-state index contributed by atoms with van der Waals surface area (Å²) >= 11 is 0. The SMILES string of the molecule is CNC(=O)CCN(CCNCCN(CCC(=O)NC)CCN(CCC(=O)NC)CCC(=O)NC)CCC(=O)NC. The van der Waals surface area contributed by atoms with Crippen molar-refractivity contribution < 1.29 is 24.0 Å². The van der Waals surface area contributed by atoms with Gasteiger partial charge >= 0.3 is 0 Å². The Hall–Kier alpha value is -2.81. The Morgan fingerprint density at radius 2 is 0.600 bits per heavy atom. The number of rotatable bonds is 24. The van der Waals surface area contributed by atoms with Crippen LogP contribution in [0.15, 0.2) is 0 Å². The molecule has 0 bridgehead atoms. The second-order valence-corrected chi connectivity index (χ2v) is 9.39. The summed E-state index contributed by atoms with van der Waals surface area (Å²) in [6.07, 6.45) is 1.81. The molecule has 0 unspecified atom stereocenters. The molecule has 232 valence electrons. The Kier molecular flexibility index (Phi) is 22.3. The third kappa shape index (κ3) is 20.1. The Bertz CT molecular complexity index is 714. The molecule has 0 aliphatic rings. The third-order valence-electron chi connectivity index (χ3n) is 6.61. The summed E-state index contributed by atoms with van der Waals surface area (Å²) in [5.41, 5.74) is 0. The van der Waals surface area contributed by atoms with Crippen LogP contribution in [-0.2, 0) is 24.0 Å². The Labute approximate surface area is 239 Å². The van der Waals surface area contributed by atoms with Gasteiger partial charge in [-0.05, 0) is 0 Å². The summed E-state index contributed by atoms with van der Waals surface area (Å²) in [5.74, 6) is -0.207. The van der Waals surface area contributed by atoms with E-state index in [0.717, 1.165) is 0 Å². The molecule has 5 amide bonds. The van der Waals surface area contributed by atoms with Gasteiger partial charge in [0.15, 0.2) is 0 Å². The first kappa shape index (κ1) is 37.2. The van der Waals surface area contributed by atoms with Crippen molar-refractivity contribution in [2.24, 2.45) is 0 Å². The van der Waals surface area contributed by atoms with Crippen molar-refractivity contribution >= 4 is 29.5 Å². The summed E-state index contributed by atoms with van der Waals surface area (Å²) in [6.45, 7) is 6.95. The van der Waals surface area contributed by atoms with Crippen LogP contribution in [0.5, 0.6) is 0 Å². The van der Waals surface area contributed by atoms with Crippen molar-refractivity contribution in [1.82, 2.24) is 46.6 Å². The van der Waals surface area contributed by atoms with Gasteiger partial charge in [-0.3, -0.25) is 24.0 Å². The second kappa shape index (κ2) is 24.0. The topological polar surface area (TPSA) is 167 Å². The maximum Gasteiger partial charge on any atom is 0.221 e. The normalized spacial score (nSPS) is 11.0. The molecule has 14 nitrogen and oxygen atoms in total. The fraction of sp³-hybridized carbons (Fsp3) is 0.808. The van der Waals surface area contributed by atoms with Gasteiger partial charge in [-0.15, -0.1) is 0 Å². The molecule has 0 aromatic heterocycles. The summed E-state index contributed by atoms with van der Waals surface area (Å²) in [5, 5.41) is 16.6. The van der Waals surface area contributed by atoms with Crippen molar-refractivity contribution in [3.8, 4) is 0 Å². The second-order valence-electron chi connectivity index (χ2n) is 9.39. The highest BCUT2D eigenvalue weighted by Gasteiger charge is 2.14. The van der Waals surface area contributed by atoms with Crippen LogP contribution >= 0.6 is 0 Å². The quantitative estimate of drug-likeness (QED) is 0.0669. The molecule has 0 fully saturated rings. The lowest BCUT2D eigenvalue weighted by Crippen LogP contribution is -2.43. The van der Waals surface area contributed by atoms with Gasteiger partial charge in [-0.2, -0.15) is 0 Å². The standard InChI is InChI=1S/C26H53N9O5/c1-27-22(36)6-13-33(14-7-23(37)28-2)18-11-32-12-19-35(17-10-26(40)31-5)21-20-34(15-8-24(38)29-3)16-9-25(39)30-4/h32H,6-21H2,1-5H3,(H,27,36)(H,28,37)(H,29,38)(H,30,39)(H,31,40). The van der Waals surface area contributed by atoms with Crippen LogP contribution in [0.4, 0.5) is 0 Å². The highest BCUT2D eigenvalue weighted by Crippen LogP contribution is 2.00. The third-order valence-corrected chi connectivity index (χ3v) is 6.61. The van der Waals surface area contributed by atoms with E-state index < -0.39 is 0 Å². The fourth-order valence-corrected chi connectivity index (χ4v) is 3.81. The lowest BCUT2D eigenvalue weighted by atomic mass is 10.3. The Balaban J connectivity index is 4.90. The largest absolute Gasteiger partial charge is 0.359 e. The fourth-order valence-electron chi connectivity index (χ4n) is 3.81. The molecule has 40 heavy (non-hydrogen) atoms. The van der Waals surface area contributed by atoms with Gasteiger partial charge in [0.05, 0.1) is 0 Å². The van der Waals surface area contributed by atoms with Gasteiger partial charge in [-0.1, -0.05) is 0 Å². The Morgan fingerprint density at radius 3 is 0.850 bits per heavy atom. The van der Waals surface area contributed by atoms with E-state index in [9.17, 15) is 24.0 Å². The van der Waals surface area contributed by atoms with Crippen molar-refractivity contribution in [3.63, 3.8) is 0 Å². The lowest BCUT2D eigenvalue weighted by molar-refractivity contribution is -0.122. The Morgan fingerprint density at radius 1 is 0.375 bits per heavy atom. The van der Waals surface area contributed by atoms with Gasteiger partial charge in [0, 0.05) is 139 Å². The zero-order valence-corrected chi connectivity index (χ0v) is 25.2. The molecule has 6 N–H and O–H groups in total. The number of nitrogens with one attached hydrogen (secondary N) is 6. The molecule has 0 heterocycles. The summed E-state index contributed by atoms with van der Waals surface area (Å²) in [4.78, 5) is 65.1. The van der Waals surface area contributed by atoms with Crippen LogP contribution in [0.3, 0.4) is 0 Å². The minimum absolute atomic E-state index is 0.0306. The van der Waals surface area contributed by atoms with Gasteiger partial charge in [-0.25, -0.2) is 0 Å². The molecular formula is C26H53N9O5. The monoisotopic (exact) mass is 571 g/mol. The maximum absolute atomic E-state index is 11.9. The van der Waals surface area contributed by atoms with E-state index in [1.807, 2.05) is 0 Å². The van der Waals surface area contributed by atoms with E-state index in [1.54, 1.807) is 35.2 Å². The van der Waals surface area contributed by atoms with Crippen molar-refractivity contribution in [3.05, 3.63) is 0 Å². The van der Waals surface area contributed by atoms with E-state index in [1.165, 1.54) is 0 Å². The predicted molar refractivity (Wildman–Crippen MR) is 156 cm³/mol. The number of nitrogens with zero attached hydrogens (tertiary/aromatic N) is 3. The van der Waals surface area contributed by atoms with Crippen LogP contribution in [0.1, 0.15) is 32.1 Å². The van der Waals surface area contributed by atoms with Crippen LogP contribution in [-0.4, -0.2) is 151 Å². The van der Waals surface area contributed by atoms with Crippen molar-refractivity contribution in [2.75, 3.05) is 107 Å². The van der Waals surface area contributed by atoms with Crippen LogP contribution in [0.2, 0.25) is 0 Å². The minimum atomic E-state index is -0.0506. The molecule has 0 saturated carbocycles. The zero-order valence-electron chi connectivity index (χ0n) is 25.2. The zero-order chi connectivity index (χ0) is 30.2. The number of amides is 5. The van der Waals surface area contributed by atoms with E-state index >= 15 is 0 Å². The van der Waals surface area contributed by atoms with Crippen LogP contribution in [0, 0.1) is 0 Å². The number of carbonyl (C=O) groups excluding carboxylic acids is 5. The molecule has 0 aliphatic heterocycles. The molecule has 0 aromatic rings. The van der Waals surface area contributed by atoms with Gasteiger partial charge in [0.2, 0.25) is 29.5 Å². The van der Waals surface area contributed by atoms with Gasteiger partial charge < -0.3 is 46.6 Å². The number of hydrogen-bond acceptors (Lipinski definition) is 9. The smallest absolute Gasteiger partial charge is 0.221 e. The highest BCUT2D eigenvalue weighted by molar-refractivity contribution is 5.77. The molecule has 0 aliphatic carbocycles. The van der Waals surface area contributed by atoms with Crippen LogP contribution in [0.25, 0.3) is 0 Å². The van der Waals surface area contributed by atoms with Gasteiger partial charge in [0.25, 0.3) is 0 Å². The molecule has 0 radical (unpaired) electrons. The average molecular weight is 572 g/mol. The highest BCUT2D eigenvalue weighted by atomic mass is 16.2. The summed E-state index contributed by atoms with van der Waals surface area (Å²) < 4.78 is 0. The number of carbonyl (C=O) groups is 5. The number of hydrogen-bond donors (Lipinski definition) is 6. The average Bonchev–Trinajstić information content (AvgIpc) is 2.98. The van der Waals surface area contributed by atoms with Crippen molar-refractivity contribution in [2.45, 2.75) is 32.1 Å². The van der Waals surface area contributed by atoms with Gasteiger partial charge in [0.1, 0.15) is 0 Å². The van der Waals surface area contributed by atoms with E-state index in [2.05, 4.69) is 46.6 Å². The molecule has 0 aromatic carbocycles. The molecular weight excluding hydrogens is 518 g/mol. The molecule has 0 rings (SSSR count). The molecule has 0 saturated heterocycles. The lowest BCUT2D eigenvalue weighted by Gasteiger charge is -2.28. The molecule has 14 heteroatoms. The first-order chi connectivity index (χ1) is 19.2. The van der Waals surface area contributed by atoms with Crippen molar-refractivity contribution in [1.29, 1.82) is 0 Å². The van der Waals surface area contributed by atoms with Crippen LogP contribution < -0.4 is 31.9 Å². The first-order valence-electron chi connectivity index (χ1n) is 14.1. The summed E-state index contributed by atoms with van der Waals surface area (Å²) in [7, 11) is 8.05. The minimum Gasteiger partial charge on any atom is -0.359 e. The predicted octanol–water partition coefficient (Wildman–Crippen LogP) is -2.84. The van der Waals surface area contributed by atoms with E-state index in [4.69, 9.17) is 0 Å². The maximum atomic E-state index is 11.9. The molecule has 0 atom stereocenters. The summed E-state index contributed by atoms with van der Waals surface area (Å²) in [6, 6.07) is 0. The van der Waals surface area contributed by atoms with E-state index in [0.29, 0.717) is 104 Å². The first-order valence-corrected chi connectivity index (χ1v) is 14.1. The van der Waals surface area contributed by atoms with E-state index in [-0.39, 0.29) is 29.5 Å².